The highest BCUT2D eigenvalue weighted by Gasteiger charge is 2.51. The summed E-state index contributed by atoms with van der Waals surface area (Å²) in [7, 11) is 1.73. The first-order valence-corrected chi connectivity index (χ1v) is 22.7. The normalized spacial score (nSPS) is 20.9. The third kappa shape index (κ3) is 5.87. The Kier molecular flexibility index (Phi) is 8.81. The van der Waals surface area contributed by atoms with Gasteiger partial charge in [-0.1, -0.05) is 11.2 Å². The molecule has 0 spiro atoms. The summed E-state index contributed by atoms with van der Waals surface area (Å²) in [5.74, 6) is -0.735. The number of rotatable bonds is 7. The molecule has 1 N–H and O–H groups in total. The molecule has 2 saturated heterocycles. The Morgan fingerprint density at radius 1 is 0.924 bits per heavy atom. The van der Waals surface area contributed by atoms with E-state index in [1.165, 1.54) is 27.1 Å². The quantitative estimate of drug-likeness (QED) is 0.171. The molecule has 12 rings (SSSR count). The number of fused-ring (bicyclic) bond motifs is 6. The molecule has 8 aromatic rings. The summed E-state index contributed by atoms with van der Waals surface area (Å²) in [6.45, 7) is 8.28. The van der Waals surface area contributed by atoms with Crippen molar-refractivity contribution in [2.24, 2.45) is 7.05 Å². The van der Waals surface area contributed by atoms with Gasteiger partial charge in [-0.15, -0.1) is 0 Å². The lowest BCUT2D eigenvalue weighted by Crippen LogP contribution is -2.47. The summed E-state index contributed by atoms with van der Waals surface area (Å²) in [4.78, 5) is 47.8. The Labute approximate surface area is 376 Å². The molecule has 4 aliphatic rings. The lowest BCUT2D eigenvalue weighted by Gasteiger charge is -2.43. The lowest BCUT2D eigenvalue weighted by atomic mass is 9.75. The van der Waals surface area contributed by atoms with E-state index >= 15 is 13.6 Å². The molecule has 3 fully saturated rings. The van der Waals surface area contributed by atoms with Gasteiger partial charge in [-0.2, -0.15) is 10.2 Å². The van der Waals surface area contributed by atoms with Gasteiger partial charge < -0.3 is 14.2 Å². The standard InChI is InChI=1S/C49H48F2N10O5/c1-26-19-32(20-27(2)41(26)50)61-43(58-17-16-57(47(58)64)38-12-11-36-33(42(38)51)25-52-56(36)5)40-34(54-61)23-31-8-10-37(40)59(31)44(62)39-22-30-21-28(29-13-18-65-48(3,4)24-29)7-9-35(30)60(39)49(14-6-15-49)45-53-46(63)66-55-45/h7,9,11-12,16-17,19-22,25,29,31,37H,6,8,10,13-15,18,23-24H2,1-5H3,(H,53,55,63)/t29-,31+,37-/m0/s1. The van der Waals surface area contributed by atoms with Gasteiger partial charge in [-0.3, -0.25) is 28.1 Å². The molecule has 3 aliphatic heterocycles. The number of H-pyrrole nitrogens is 1. The van der Waals surface area contributed by atoms with Gasteiger partial charge in [0, 0.05) is 55.0 Å². The van der Waals surface area contributed by atoms with Crippen molar-refractivity contribution < 1.29 is 22.8 Å². The van der Waals surface area contributed by atoms with Crippen LogP contribution in [0, 0.1) is 25.5 Å². The Balaban J connectivity index is 1.02. The molecule has 1 amide bonds. The number of hydrogen-bond acceptors (Lipinski definition) is 8. The van der Waals surface area contributed by atoms with Crippen molar-refractivity contribution in [2.75, 3.05) is 6.61 Å². The van der Waals surface area contributed by atoms with Crippen LogP contribution in [0.15, 0.2) is 81.2 Å². The second kappa shape index (κ2) is 14.3. The van der Waals surface area contributed by atoms with Crippen LogP contribution in [-0.4, -0.2) is 72.5 Å². The number of amides is 1. The minimum absolute atomic E-state index is 0.0558. The van der Waals surface area contributed by atoms with E-state index in [2.05, 4.69) is 51.9 Å². The number of halogens is 2. The predicted octanol–water partition coefficient (Wildman–Crippen LogP) is 7.73. The van der Waals surface area contributed by atoms with Crippen LogP contribution in [-0.2, 0) is 23.7 Å². The van der Waals surface area contributed by atoms with Crippen molar-refractivity contribution in [2.45, 2.75) is 108 Å². The van der Waals surface area contributed by atoms with Crippen molar-refractivity contribution in [1.29, 1.82) is 0 Å². The summed E-state index contributed by atoms with van der Waals surface area (Å²) < 4.78 is 50.5. The molecular weight excluding hydrogens is 847 g/mol. The molecule has 3 aromatic carbocycles. The molecule has 15 nitrogen and oxygen atoms in total. The molecule has 2 bridgehead atoms. The maximum atomic E-state index is 16.2. The topological polar surface area (TPSA) is 156 Å². The fourth-order valence-electron chi connectivity index (χ4n) is 11.7. The van der Waals surface area contributed by atoms with E-state index < -0.39 is 28.8 Å². The minimum Gasteiger partial charge on any atom is -0.376 e. The first-order chi connectivity index (χ1) is 31.7. The molecule has 3 atom stereocenters. The monoisotopic (exact) mass is 894 g/mol. The Hall–Kier alpha value is -6.88. The van der Waals surface area contributed by atoms with Crippen LogP contribution >= 0.6 is 0 Å². The molecule has 8 heterocycles. The number of benzene rings is 3. The van der Waals surface area contributed by atoms with Gasteiger partial charge >= 0.3 is 11.4 Å². The number of nitrogens with one attached hydrogen (secondary N) is 1. The fourth-order valence-corrected chi connectivity index (χ4v) is 11.7. The zero-order valence-corrected chi connectivity index (χ0v) is 37.3. The first-order valence-electron chi connectivity index (χ1n) is 22.7. The van der Waals surface area contributed by atoms with Crippen LogP contribution in [0.5, 0.6) is 0 Å². The summed E-state index contributed by atoms with van der Waals surface area (Å²) >= 11 is 0. The van der Waals surface area contributed by atoms with E-state index in [9.17, 15) is 9.59 Å². The fraction of sp³-hybridized carbons (Fsp3) is 0.388. The molecule has 17 heteroatoms. The summed E-state index contributed by atoms with van der Waals surface area (Å²) in [6, 6.07) is 14.4. The van der Waals surface area contributed by atoms with Gasteiger partial charge in [0.25, 0.3) is 5.91 Å². The number of carbonyl (C=O) groups excluding carboxylic acids is 1. The highest BCUT2D eigenvalue weighted by Crippen LogP contribution is 2.50. The van der Waals surface area contributed by atoms with E-state index in [1.807, 2.05) is 11.0 Å². The van der Waals surface area contributed by atoms with E-state index in [4.69, 9.17) is 14.4 Å². The summed E-state index contributed by atoms with van der Waals surface area (Å²) in [5.41, 5.74) is 4.28. The number of hydrogen-bond donors (Lipinski definition) is 1. The van der Waals surface area contributed by atoms with Gasteiger partial charge in [0.05, 0.1) is 45.8 Å². The average molecular weight is 895 g/mol. The van der Waals surface area contributed by atoms with Crippen molar-refractivity contribution in [1.82, 2.24) is 48.3 Å². The number of imidazole rings is 1. The first kappa shape index (κ1) is 40.6. The van der Waals surface area contributed by atoms with E-state index in [1.54, 1.807) is 60.7 Å². The van der Waals surface area contributed by atoms with E-state index in [0.717, 1.165) is 35.9 Å². The second-order valence-electron chi connectivity index (χ2n) is 19.4. The number of nitrogens with zero attached hydrogens (tertiary/aromatic N) is 9. The summed E-state index contributed by atoms with van der Waals surface area (Å²) in [6.07, 6.45) is 10.1. The Morgan fingerprint density at radius 3 is 2.42 bits per heavy atom. The van der Waals surface area contributed by atoms with E-state index in [0.29, 0.717) is 83.9 Å². The molecule has 0 unspecified atom stereocenters. The highest BCUT2D eigenvalue weighted by molar-refractivity contribution is 6.00. The maximum Gasteiger partial charge on any atom is 0.438 e. The van der Waals surface area contributed by atoms with Crippen LogP contribution in [0.4, 0.5) is 8.78 Å². The van der Waals surface area contributed by atoms with Gasteiger partial charge in [0.15, 0.2) is 11.6 Å². The van der Waals surface area contributed by atoms with Crippen LogP contribution < -0.4 is 11.4 Å². The summed E-state index contributed by atoms with van der Waals surface area (Å²) in [5, 5.41) is 14.8. The zero-order valence-electron chi connectivity index (χ0n) is 37.3. The lowest BCUT2D eigenvalue weighted by molar-refractivity contribution is -0.0592. The van der Waals surface area contributed by atoms with Crippen molar-refractivity contribution in [3.8, 4) is 17.2 Å². The molecular formula is C49H48F2N10O5. The van der Waals surface area contributed by atoms with Crippen LogP contribution in [0.1, 0.15) is 115 Å². The Bertz CT molecular complexity index is 3430. The zero-order chi connectivity index (χ0) is 45.6. The van der Waals surface area contributed by atoms with Gasteiger partial charge in [0.1, 0.15) is 22.9 Å². The number of carbonyl (C=O) groups is 1. The average Bonchev–Trinajstić information content (AvgIpc) is 4.14. The molecule has 1 saturated carbocycles. The van der Waals surface area contributed by atoms with Crippen LogP contribution in [0.3, 0.4) is 0 Å². The highest BCUT2D eigenvalue weighted by atomic mass is 19.1. The number of aryl methyl sites for hydroxylation is 3. The van der Waals surface area contributed by atoms with Gasteiger partial charge in [-0.05, 0) is 138 Å². The van der Waals surface area contributed by atoms with Crippen LogP contribution in [0.25, 0.3) is 39.0 Å². The van der Waals surface area contributed by atoms with Crippen molar-refractivity contribution >= 4 is 27.7 Å². The molecule has 5 aromatic heterocycles. The third-order valence-electron chi connectivity index (χ3n) is 15.0. The Morgan fingerprint density at radius 2 is 1.70 bits per heavy atom. The van der Waals surface area contributed by atoms with Crippen molar-refractivity contribution in [3.05, 3.63) is 139 Å². The second-order valence-corrected chi connectivity index (χ2v) is 19.4. The minimum atomic E-state index is -0.834. The third-order valence-corrected chi connectivity index (χ3v) is 15.0. The molecule has 1 aliphatic carbocycles. The van der Waals surface area contributed by atoms with Gasteiger partial charge in [0.2, 0.25) is 0 Å². The number of aromatic nitrogens is 9. The smallest absolute Gasteiger partial charge is 0.376 e. The number of ether oxygens (including phenoxy) is 1. The van der Waals surface area contributed by atoms with Crippen LogP contribution in [0.2, 0.25) is 0 Å². The van der Waals surface area contributed by atoms with E-state index in [-0.39, 0.29) is 40.4 Å². The van der Waals surface area contributed by atoms with Gasteiger partial charge in [-0.25, -0.2) is 23.1 Å². The maximum absolute atomic E-state index is 16.2. The SMILES string of the molecule is Cc1cc(-n2nc3c(c2-n2ccn(-c4ccc5c(cnn5C)c4F)c2=O)[C@@H]2CC[C@H](C3)N2C(=O)c2cc3cc([C@H]4CCOC(C)(C)C4)ccc3n2C2(c3noc(=O)[nH]3)CCC2)cc(C)c1F. The molecule has 0 radical (unpaired) electrons. The van der Waals surface area contributed by atoms with Crippen molar-refractivity contribution in [3.63, 3.8) is 0 Å². The largest absolute Gasteiger partial charge is 0.438 e. The molecule has 338 valence electrons. The predicted molar refractivity (Wildman–Crippen MR) is 240 cm³/mol. The molecule has 66 heavy (non-hydrogen) atoms. The number of aromatic amines is 1.